The Morgan fingerprint density at radius 3 is 1.55 bits per heavy atom. The number of nitrogens with two attached hydrogens (primary N) is 1. The number of aliphatic hydroxyl groups excluding tert-OH is 1. The fourth-order valence-electron chi connectivity index (χ4n) is 1.96. The van der Waals surface area contributed by atoms with Crippen molar-refractivity contribution < 1.29 is 9.90 Å². The third kappa shape index (κ3) is 26.6. The van der Waals surface area contributed by atoms with E-state index in [9.17, 15) is 4.79 Å². The van der Waals surface area contributed by atoms with Crippen molar-refractivity contribution in [2.75, 3.05) is 13.2 Å². The maximum atomic E-state index is 10.7. The molecule has 3 nitrogen and oxygen atoms in total. The Kier molecular flexibility index (Phi) is 23.8. The molecule has 0 aromatic heterocycles. The number of unbranched alkanes of at least 4 members (excludes halogenated alkanes) is 10. The molecule has 0 amide bonds. The van der Waals surface area contributed by atoms with E-state index in [0.29, 0.717) is 6.54 Å². The maximum Gasteiger partial charge on any atom is 0.148 e. The van der Waals surface area contributed by atoms with Crippen molar-refractivity contribution in [2.24, 2.45) is 5.73 Å². The molecule has 0 fully saturated rings. The van der Waals surface area contributed by atoms with Crippen molar-refractivity contribution in [3.05, 3.63) is 0 Å². The van der Waals surface area contributed by atoms with Gasteiger partial charge in [-0.15, -0.1) is 0 Å². The fraction of sp³-hybridized carbons (Fsp3) is 0.938. The van der Waals surface area contributed by atoms with Crippen LogP contribution in [-0.2, 0) is 4.79 Å². The first-order valence-electron chi connectivity index (χ1n) is 8.28. The van der Waals surface area contributed by atoms with Crippen molar-refractivity contribution in [2.45, 2.75) is 84.0 Å². The van der Waals surface area contributed by atoms with Crippen LogP contribution in [0.4, 0.5) is 0 Å². The van der Waals surface area contributed by atoms with Crippen molar-refractivity contribution in [3.63, 3.8) is 0 Å². The van der Waals surface area contributed by atoms with Gasteiger partial charge in [0.25, 0.3) is 0 Å². The minimum atomic E-state index is 0.0972. The second-order valence-electron chi connectivity index (χ2n) is 5.26. The van der Waals surface area contributed by atoms with E-state index in [4.69, 9.17) is 10.8 Å². The van der Waals surface area contributed by atoms with Crippen molar-refractivity contribution in [1.82, 2.24) is 0 Å². The van der Waals surface area contributed by atoms with Crippen molar-refractivity contribution in [1.29, 1.82) is 0 Å². The summed E-state index contributed by atoms with van der Waals surface area (Å²) in [6.07, 6.45) is 15.6. The molecule has 1 atom stereocenters. The molecular formula is C16H36NO2P. The summed E-state index contributed by atoms with van der Waals surface area (Å²) in [6, 6.07) is 0. The molecule has 122 valence electrons. The van der Waals surface area contributed by atoms with E-state index in [1.165, 1.54) is 64.2 Å². The molecule has 1 unspecified atom stereocenters. The van der Waals surface area contributed by atoms with Gasteiger partial charge in [-0.05, 0) is 6.42 Å². The summed E-state index contributed by atoms with van der Waals surface area (Å²) in [6.45, 7) is 2.74. The lowest BCUT2D eigenvalue weighted by molar-refractivity contribution is -0.111. The average molecular weight is 305 g/mol. The van der Waals surface area contributed by atoms with Crippen LogP contribution in [0.25, 0.3) is 0 Å². The summed E-state index contributed by atoms with van der Waals surface area (Å²) in [7, 11) is 2.25. The molecule has 0 saturated heterocycles. The van der Waals surface area contributed by atoms with Crippen molar-refractivity contribution in [3.8, 4) is 0 Å². The zero-order valence-corrected chi connectivity index (χ0v) is 14.6. The van der Waals surface area contributed by atoms with Gasteiger partial charge in [0.2, 0.25) is 0 Å². The van der Waals surface area contributed by atoms with Crippen LogP contribution in [0.15, 0.2) is 0 Å². The molecule has 0 aliphatic rings. The van der Waals surface area contributed by atoms with Crippen LogP contribution < -0.4 is 5.73 Å². The lowest BCUT2D eigenvalue weighted by atomic mass is 10.1. The molecule has 3 N–H and O–H groups in total. The molecule has 0 rings (SSSR count). The third-order valence-electron chi connectivity index (χ3n) is 3.16. The zero-order chi connectivity index (χ0) is 15.5. The summed E-state index contributed by atoms with van der Waals surface area (Å²) < 4.78 is 0. The topological polar surface area (TPSA) is 63.3 Å². The number of hydrogen-bond donors (Lipinski definition) is 2. The number of aliphatic hydroxyl groups is 1. The van der Waals surface area contributed by atoms with E-state index in [1.807, 2.05) is 0 Å². The van der Waals surface area contributed by atoms with Gasteiger partial charge in [-0.25, -0.2) is 0 Å². The Morgan fingerprint density at radius 2 is 1.25 bits per heavy atom. The average Bonchev–Trinajstić information content (AvgIpc) is 2.44. The highest BCUT2D eigenvalue weighted by molar-refractivity contribution is 7.40. The van der Waals surface area contributed by atoms with E-state index in [0.717, 1.165) is 12.8 Å². The summed E-state index contributed by atoms with van der Waals surface area (Å²) in [5, 5.41) is 7.75. The number of hydrogen-bond acceptors (Lipinski definition) is 3. The van der Waals surface area contributed by atoms with Gasteiger partial charge >= 0.3 is 0 Å². The second kappa shape index (κ2) is 21.3. The molecule has 0 aromatic rings. The normalized spacial score (nSPS) is 10.0. The third-order valence-corrected chi connectivity index (χ3v) is 3.44. The first kappa shape index (κ1) is 22.3. The monoisotopic (exact) mass is 305 g/mol. The molecular weight excluding hydrogens is 269 g/mol. The minimum Gasteiger partial charge on any atom is -0.395 e. The Labute approximate surface area is 128 Å². The number of carbonyl (C=O) groups excluding carboxylic acids is 1. The van der Waals surface area contributed by atoms with Gasteiger partial charge in [0.15, 0.2) is 0 Å². The largest absolute Gasteiger partial charge is 0.395 e. The molecule has 0 bridgehead atoms. The molecule has 20 heavy (non-hydrogen) atoms. The van der Waals surface area contributed by atoms with Gasteiger partial charge < -0.3 is 10.8 Å². The van der Waals surface area contributed by atoms with Gasteiger partial charge in [0.1, 0.15) is 5.52 Å². The van der Waals surface area contributed by atoms with Crippen molar-refractivity contribution >= 4 is 14.8 Å². The van der Waals surface area contributed by atoms with Crippen LogP contribution in [-0.4, -0.2) is 23.8 Å². The van der Waals surface area contributed by atoms with E-state index in [1.54, 1.807) is 0 Å². The number of carbonyl (C=O) groups is 1. The predicted molar refractivity (Wildman–Crippen MR) is 91.9 cm³/mol. The lowest BCUT2D eigenvalue weighted by Gasteiger charge is -2.01. The van der Waals surface area contributed by atoms with Gasteiger partial charge in [-0.1, -0.05) is 80.4 Å². The Morgan fingerprint density at radius 1 is 0.900 bits per heavy atom. The smallest absolute Gasteiger partial charge is 0.148 e. The summed E-state index contributed by atoms with van der Waals surface area (Å²) >= 11 is 0. The first-order valence-corrected chi connectivity index (χ1v) is 8.86. The van der Waals surface area contributed by atoms with Crippen LogP contribution >= 0.6 is 9.24 Å². The highest BCUT2D eigenvalue weighted by atomic mass is 31.0. The second-order valence-corrected chi connectivity index (χ2v) is 5.91. The Bertz CT molecular complexity index is 187. The summed E-state index contributed by atoms with van der Waals surface area (Å²) in [5.41, 5.74) is 5.04. The highest BCUT2D eigenvalue weighted by Gasteiger charge is 1.95. The number of rotatable bonds is 13. The van der Waals surface area contributed by atoms with Crippen LogP contribution in [0.3, 0.4) is 0 Å². The van der Waals surface area contributed by atoms with Crippen LogP contribution in [0.2, 0.25) is 0 Å². The van der Waals surface area contributed by atoms with Gasteiger partial charge in [-0.3, -0.25) is 4.79 Å². The van der Waals surface area contributed by atoms with Crippen LogP contribution in [0.1, 0.15) is 84.0 Å². The SMILES string of the molecule is CCCCCCCCCCCCCC(=O)P.NCCO. The summed E-state index contributed by atoms with van der Waals surface area (Å²) in [4.78, 5) is 10.7. The fourth-order valence-corrected chi connectivity index (χ4v) is 2.17. The predicted octanol–water partition coefficient (Wildman–Crippen LogP) is 4.03. The Hall–Kier alpha value is 0.0200. The molecule has 0 radical (unpaired) electrons. The van der Waals surface area contributed by atoms with E-state index in [2.05, 4.69) is 16.2 Å². The molecule has 4 heteroatoms. The molecule has 0 aliphatic heterocycles. The van der Waals surface area contributed by atoms with E-state index < -0.39 is 0 Å². The van der Waals surface area contributed by atoms with Gasteiger partial charge in [0.05, 0.1) is 6.61 Å². The minimum absolute atomic E-state index is 0.0972. The zero-order valence-electron chi connectivity index (χ0n) is 13.4. The summed E-state index contributed by atoms with van der Waals surface area (Å²) in [5.74, 6) is 0. The van der Waals surface area contributed by atoms with E-state index >= 15 is 0 Å². The molecule has 0 spiro atoms. The Balaban J connectivity index is 0. The van der Waals surface area contributed by atoms with Gasteiger partial charge in [-0.2, -0.15) is 0 Å². The standard InChI is InChI=1S/C14H29OP.C2H7NO/c1-2-3-4-5-6-7-8-9-10-11-12-13-14(15)16;3-1-2-4/h2-13,16H2,1H3;4H,1-3H2. The van der Waals surface area contributed by atoms with Crippen LogP contribution in [0, 0.1) is 0 Å². The van der Waals surface area contributed by atoms with Gasteiger partial charge in [0, 0.05) is 13.0 Å². The lowest BCUT2D eigenvalue weighted by Crippen LogP contribution is -2.02. The van der Waals surface area contributed by atoms with Crippen LogP contribution in [0.5, 0.6) is 0 Å². The van der Waals surface area contributed by atoms with E-state index in [-0.39, 0.29) is 12.1 Å². The highest BCUT2D eigenvalue weighted by Crippen LogP contribution is 2.12. The quantitative estimate of drug-likeness (QED) is 0.399. The molecule has 0 aliphatic carbocycles. The first-order chi connectivity index (χ1) is 9.68. The molecule has 0 saturated carbocycles. The molecule has 0 heterocycles. The molecule has 0 aromatic carbocycles. The maximum absolute atomic E-state index is 10.7.